The zero-order valence-corrected chi connectivity index (χ0v) is 9.24. The van der Waals surface area contributed by atoms with Gasteiger partial charge in [-0.15, -0.1) is 0 Å². The zero-order chi connectivity index (χ0) is 11.9. The molecule has 2 heterocycles. The van der Waals surface area contributed by atoms with Gasteiger partial charge in [0.15, 0.2) is 5.82 Å². The van der Waals surface area contributed by atoms with E-state index in [0.29, 0.717) is 11.7 Å². The predicted octanol–water partition coefficient (Wildman–Crippen LogP) is 1.33. The third kappa shape index (κ3) is 3.23. The summed E-state index contributed by atoms with van der Waals surface area (Å²) >= 11 is 0. The van der Waals surface area contributed by atoms with E-state index in [1.807, 2.05) is 12.1 Å². The minimum atomic E-state index is 0.488. The van der Waals surface area contributed by atoms with Crippen molar-refractivity contribution in [2.24, 2.45) is 5.10 Å². The molecule has 0 amide bonds. The van der Waals surface area contributed by atoms with Crippen LogP contribution in [-0.2, 0) is 0 Å². The highest BCUT2D eigenvalue weighted by Gasteiger charge is 1.95. The number of hydrazone groups is 1. The van der Waals surface area contributed by atoms with Gasteiger partial charge in [-0.2, -0.15) is 5.10 Å². The number of anilines is 1. The lowest BCUT2D eigenvalue weighted by atomic mass is 10.3. The van der Waals surface area contributed by atoms with E-state index >= 15 is 0 Å². The molecule has 0 saturated carbocycles. The van der Waals surface area contributed by atoms with Crippen LogP contribution in [0, 0.1) is 0 Å². The number of hydrogen-bond donors (Lipinski definition) is 1. The van der Waals surface area contributed by atoms with Crippen LogP contribution in [0.15, 0.2) is 42.0 Å². The molecule has 86 valence electrons. The summed E-state index contributed by atoms with van der Waals surface area (Å²) in [5.74, 6) is 1.06. The Kier molecular flexibility index (Phi) is 3.59. The maximum Gasteiger partial charge on any atom is 0.218 e. The highest BCUT2D eigenvalue weighted by Crippen LogP contribution is 2.09. The summed E-state index contributed by atoms with van der Waals surface area (Å²) in [4.78, 5) is 11.8. The molecule has 2 rings (SSSR count). The second kappa shape index (κ2) is 5.55. The lowest BCUT2D eigenvalue weighted by Gasteiger charge is -2.00. The van der Waals surface area contributed by atoms with E-state index < -0.39 is 0 Å². The second-order valence-electron chi connectivity index (χ2n) is 3.10. The fourth-order valence-corrected chi connectivity index (χ4v) is 1.13. The summed E-state index contributed by atoms with van der Waals surface area (Å²) in [5.41, 5.74) is 3.74. The summed E-state index contributed by atoms with van der Waals surface area (Å²) in [6, 6.07) is 5.36. The summed E-state index contributed by atoms with van der Waals surface area (Å²) in [5, 5.41) is 4.04. The van der Waals surface area contributed by atoms with Gasteiger partial charge in [0.2, 0.25) is 5.88 Å². The lowest BCUT2D eigenvalue weighted by molar-refractivity contribution is 0.397. The number of ether oxygens (including phenoxy) is 1. The molecule has 0 atom stereocenters. The van der Waals surface area contributed by atoms with Gasteiger partial charge >= 0.3 is 0 Å². The number of nitrogens with zero attached hydrogens (tertiary/aromatic N) is 4. The number of aromatic nitrogens is 3. The predicted molar refractivity (Wildman–Crippen MR) is 64.0 cm³/mol. The number of methoxy groups -OCH3 is 1. The molecule has 0 fully saturated rings. The molecule has 0 saturated heterocycles. The fourth-order valence-electron chi connectivity index (χ4n) is 1.13. The Bertz CT molecular complexity index is 500. The first-order valence-electron chi connectivity index (χ1n) is 4.93. The first kappa shape index (κ1) is 11.0. The van der Waals surface area contributed by atoms with E-state index in [-0.39, 0.29) is 0 Å². The van der Waals surface area contributed by atoms with Gasteiger partial charge in [-0.1, -0.05) is 0 Å². The molecule has 6 heteroatoms. The van der Waals surface area contributed by atoms with Gasteiger partial charge in [-0.25, -0.2) is 9.97 Å². The van der Waals surface area contributed by atoms with E-state index in [2.05, 4.69) is 25.5 Å². The Morgan fingerprint density at radius 1 is 1.29 bits per heavy atom. The average molecular weight is 229 g/mol. The summed E-state index contributed by atoms with van der Waals surface area (Å²) in [7, 11) is 1.55. The van der Waals surface area contributed by atoms with Gasteiger partial charge in [0.1, 0.15) is 6.33 Å². The molecule has 0 aliphatic heterocycles. The fraction of sp³-hybridized carbons (Fsp3) is 0.0909. The van der Waals surface area contributed by atoms with Crippen molar-refractivity contribution in [2.45, 2.75) is 0 Å². The molecule has 0 bridgehead atoms. The quantitative estimate of drug-likeness (QED) is 0.632. The van der Waals surface area contributed by atoms with E-state index in [1.165, 1.54) is 6.33 Å². The van der Waals surface area contributed by atoms with Crippen LogP contribution in [0.3, 0.4) is 0 Å². The number of pyridine rings is 1. The number of nitrogens with one attached hydrogen (secondary N) is 1. The normalized spacial score (nSPS) is 10.4. The zero-order valence-electron chi connectivity index (χ0n) is 9.24. The minimum Gasteiger partial charge on any atom is -0.481 e. The topological polar surface area (TPSA) is 72.3 Å². The molecule has 0 radical (unpaired) electrons. The number of rotatable bonds is 4. The Morgan fingerprint density at radius 3 is 2.88 bits per heavy atom. The van der Waals surface area contributed by atoms with E-state index in [1.54, 1.807) is 31.8 Å². The molecule has 0 aliphatic rings. The highest BCUT2D eigenvalue weighted by atomic mass is 16.5. The van der Waals surface area contributed by atoms with Crippen LogP contribution in [-0.4, -0.2) is 28.3 Å². The van der Waals surface area contributed by atoms with Crippen molar-refractivity contribution in [3.05, 3.63) is 42.5 Å². The van der Waals surface area contributed by atoms with Crippen LogP contribution in [0.25, 0.3) is 0 Å². The molecular weight excluding hydrogens is 218 g/mol. The first-order valence-corrected chi connectivity index (χ1v) is 4.93. The van der Waals surface area contributed by atoms with Gasteiger partial charge in [0.05, 0.1) is 13.3 Å². The highest BCUT2D eigenvalue weighted by molar-refractivity contribution is 5.79. The molecule has 0 spiro atoms. The maximum absolute atomic E-state index is 4.97. The Morgan fingerprint density at radius 2 is 2.12 bits per heavy atom. The van der Waals surface area contributed by atoms with Gasteiger partial charge in [-0.3, -0.25) is 10.4 Å². The Balaban J connectivity index is 2.00. The van der Waals surface area contributed by atoms with Crippen molar-refractivity contribution in [3.63, 3.8) is 0 Å². The Labute approximate surface area is 98.4 Å². The minimum absolute atomic E-state index is 0.488. The lowest BCUT2D eigenvalue weighted by Crippen LogP contribution is -1.96. The summed E-state index contributed by atoms with van der Waals surface area (Å²) in [6.45, 7) is 0. The van der Waals surface area contributed by atoms with Gasteiger partial charge in [0.25, 0.3) is 0 Å². The van der Waals surface area contributed by atoms with Crippen LogP contribution >= 0.6 is 0 Å². The van der Waals surface area contributed by atoms with E-state index in [4.69, 9.17) is 4.74 Å². The smallest absolute Gasteiger partial charge is 0.218 e. The maximum atomic E-state index is 4.97. The molecule has 2 aromatic rings. The molecular formula is C11H11N5O. The molecule has 0 aliphatic carbocycles. The molecule has 2 aromatic heterocycles. The van der Waals surface area contributed by atoms with Crippen LogP contribution < -0.4 is 10.2 Å². The average Bonchev–Trinajstić information content (AvgIpc) is 2.40. The summed E-state index contributed by atoms with van der Waals surface area (Å²) in [6.07, 6.45) is 6.49. The van der Waals surface area contributed by atoms with Crippen molar-refractivity contribution < 1.29 is 4.74 Å². The molecule has 0 unspecified atom stereocenters. The third-order valence-corrected chi connectivity index (χ3v) is 1.95. The van der Waals surface area contributed by atoms with Crippen molar-refractivity contribution in [3.8, 4) is 5.88 Å². The van der Waals surface area contributed by atoms with Gasteiger partial charge in [0, 0.05) is 18.5 Å². The second-order valence-corrected chi connectivity index (χ2v) is 3.10. The Hall–Kier alpha value is -2.50. The van der Waals surface area contributed by atoms with Crippen molar-refractivity contribution in [1.29, 1.82) is 0 Å². The molecule has 17 heavy (non-hydrogen) atoms. The largest absolute Gasteiger partial charge is 0.481 e. The summed E-state index contributed by atoms with van der Waals surface area (Å²) < 4.78 is 4.97. The van der Waals surface area contributed by atoms with Crippen LogP contribution in [0.4, 0.5) is 5.82 Å². The first-order chi connectivity index (χ1) is 8.38. The van der Waals surface area contributed by atoms with Crippen molar-refractivity contribution in [2.75, 3.05) is 12.5 Å². The van der Waals surface area contributed by atoms with Crippen LogP contribution in [0.2, 0.25) is 0 Å². The van der Waals surface area contributed by atoms with Gasteiger partial charge in [-0.05, 0) is 17.7 Å². The van der Waals surface area contributed by atoms with Crippen molar-refractivity contribution >= 4 is 12.0 Å². The van der Waals surface area contributed by atoms with Gasteiger partial charge < -0.3 is 4.74 Å². The van der Waals surface area contributed by atoms with E-state index in [9.17, 15) is 0 Å². The molecule has 6 nitrogen and oxygen atoms in total. The van der Waals surface area contributed by atoms with E-state index in [0.717, 1.165) is 5.56 Å². The monoisotopic (exact) mass is 229 g/mol. The molecule has 1 N–H and O–H groups in total. The number of hydrogen-bond acceptors (Lipinski definition) is 6. The standard InChI is InChI=1S/C11H11N5O/c1-17-11-6-10(13-8-14-11)16-15-7-9-2-4-12-5-3-9/h2-8H,1H3,(H,13,14,16)/b15-7-. The molecule has 0 aromatic carbocycles. The van der Waals surface area contributed by atoms with Crippen LogP contribution in [0.1, 0.15) is 5.56 Å². The van der Waals surface area contributed by atoms with Crippen LogP contribution in [0.5, 0.6) is 5.88 Å². The third-order valence-electron chi connectivity index (χ3n) is 1.95. The SMILES string of the molecule is COc1cc(N/N=C\c2ccncc2)ncn1. The van der Waals surface area contributed by atoms with Crippen molar-refractivity contribution in [1.82, 2.24) is 15.0 Å².